The van der Waals surface area contributed by atoms with Gasteiger partial charge in [-0.25, -0.2) is 4.68 Å². The van der Waals surface area contributed by atoms with E-state index in [4.69, 9.17) is 4.74 Å². The molecule has 1 amide bonds. The number of nitrogens with one attached hydrogen (secondary N) is 1. The largest absolute Gasteiger partial charge is 0.497 e. The van der Waals surface area contributed by atoms with Gasteiger partial charge in [-0.15, -0.1) is 0 Å². The summed E-state index contributed by atoms with van der Waals surface area (Å²) in [6, 6.07) is 15.0. The lowest BCUT2D eigenvalue weighted by molar-refractivity contribution is 0.0952. The number of hydrogen-bond donors (Lipinski definition) is 1. The first kappa shape index (κ1) is 23.1. The van der Waals surface area contributed by atoms with E-state index >= 15 is 0 Å². The van der Waals surface area contributed by atoms with Crippen LogP contribution < -0.4 is 10.1 Å². The minimum atomic E-state index is -0.102. The van der Waals surface area contributed by atoms with Crippen LogP contribution >= 0.6 is 0 Å². The van der Waals surface area contributed by atoms with Crippen molar-refractivity contribution in [3.05, 3.63) is 101 Å². The molecule has 4 rings (SSSR count). The Morgan fingerprint density at radius 3 is 2.79 bits per heavy atom. The van der Waals surface area contributed by atoms with Crippen molar-refractivity contribution in [2.75, 3.05) is 13.7 Å². The average molecular weight is 452 g/mol. The molecule has 172 valence electrons. The zero-order valence-corrected chi connectivity index (χ0v) is 19.8. The summed E-state index contributed by atoms with van der Waals surface area (Å²) in [5, 5.41) is 7.38. The Hall–Kier alpha value is -4.04. The van der Waals surface area contributed by atoms with E-state index in [1.165, 1.54) is 5.57 Å². The van der Waals surface area contributed by atoms with E-state index in [1.54, 1.807) is 18.0 Å². The molecule has 0 saturated carbocycles. The number of rotatable bonds is 7. The van der Waals surface area contributed by atoms with Crippen molar-refractivity contribution in [1.82, 2.24) is 15.1 Å². The van der Waals surface area contributed by atoms with Crippen molar-refractivity contribution in [3.8, 4) is 23.3 Å². The van der Waals surface area contributed by atoms with Gasteiger partial charge in [0.05, 0.1) is 18.4 Å². The lowest BCUT2D eigenvalue weighted by atomic mass is 9.87. The average Bonchev–Trinajstić information content (AvgIpc) is 3.50. The highest BCUT2D eigenvalue weighted by atomic mass is 16.5. The van der Waals surface area contributed by atoms with Gasteiger partial charge in [-0.1, -0.05) is 48.6 Å². The van der Waals surface area contributed by atoms with E-state index in [1.807, 2.05) is 54.7 Å². The molecule has 1 N–H and O–H groups in total. The van der Waals surface area contributed by atoms with Gasteiger partial charge in [-0.05, 0) is 62.2 Å². The minimum Gasteiger partial charge on any atom is -0.497 e. The predicted molar refractivity (Wildman–Crippen MR) is 135 cm³/mol. The van der Waals surface area contributed by atoms with Gasteiger partial charge < -0.3 is 10.1 Å². The lowest BCUT2D eigenvalue weighted by Crippen LogP contribution is -2.25. The summed E-state index contributed by atoms with van der Waals surface area (Å²) in [6.07, 6.45) is 12.2. The summed E-state index contributed by atoms with van der Waals surface area (Å²) < 4.78 is 7.04. The number of allylic oxidation sites excluding steroid dienone is 4. The normalized spacial score (nSPS) is 16.5. The number of nitrogens with zero attached hydrogens (tertiary/aromatic N) is 2. The van der Waals surface area contributed by atoms with Crippen molar-refractivity contribution in [1.29, 1.82) is 0 Å². The molecular formula is C29H29N3O2. The quantitative estimate of drug-likeness (QED) is 0.391. The monoisotopic (exact) mass is 451 g/mol. The molecule has 0 fully saturated rings. The molecule has 34 heavy (non-hydrogen) atoms. The van der Waals surface area contributed by atoms with E-state index in [0.29, 0.717) is 12.1 Å². The molecule has 1 heterocycles. The van der Waals surface area contributed by atoms with Gasteiger partial charge in [0.1, 0.15) is 5.75 Å². The van der Waals surface area contributed by atoms with Crippen molar-refractivity contribution in [2.45, 2.75) is 26.7 Å². The van der Waals surface area contributed by atoms with E-state index in [9.17, 15) is 4.79 Å². The summed E-state index contributed by atoms with van der Waals surface area (Å²) >= 11 is 0. The van der Waals surface area contributed by atoms with Crippen molar-refractivity contribution < 1.29 is 9.53 Å². The summed E-state index contributed by atoms with van der Waals surface area (Å²) in [6.45, 7) is 4.97. The number of ether oxygens (including phenoxy) is 1. The van der Waals surface area contributed by atoms with Gasteiger partial charge in [-0.2, -0.15) is 5.10 Å². The highest BCUT2D eigenvalue weighted by Gasteiger charge is 2.21. The Kier molecular flexibility index (Phi) is 6.98. The van der Waals surface area contributed by atoms with Gasteiger partial charge in [-0.3, -0.25) is 4.79 Å². The first-order valence-electron chi connectivity index (χ1n) is 11.4. The fourth-order valence-corrected chi connectivity index (χ4v) is 4.10. The number of carbonyl (C=O) groups excluding carboxylic acids is 1. The van der Waals surface area contributed by atoms with E-state index in [-0.39, 0.29) is 11.3 Å². The molecule has 0 aliphatic heterocycles. The minimum absolute atomic E-state index is 0.0864. The molecule has 1 aliphatic rings. The molecule has 0 radical (unpaired) electrons. The van der Waals surface area contributed by atoms with Crippen molar-refractivity contribution >= 4 is 5.91 Å². The number of hydrogen-bond acceptors (Lipinski definition) is 3. The second kappa shape index (κ2) is 10.3. The third-order valence-electron chi connectivity index (χ3n) is 5.88. The Bertz CT molecular complexity index is 1290. The SMILES string of the molecule is COc1cccc(C#Cc2cc(C(=O)NCCCC3(C)C=CC(C)=C3)ccc2-n2cccn2)c1. The van der Waals surface area contributed by atoms with E-state index in [2.05, 4.69) is 54.3 Å². The Labute approximate surface area is 201 Å². The smallest absolute Gasteiger partial charge is 0.251 e. The molecule has 1 atom stereocenters. The van der Waals surface area contributed by atoms with E-state index < -0.39 is 0 Å². The van der Waals surface area contributed by atoms with Crippen LogP contribution in [0.15, 0.2) is 84.7 Å². The van der Waals surface area contributed by atoms with Crippen LogP contribution in [0, 0.1) is 17.3 Å². The predicted octanol–water partition coefficient (Wildman–Crippen LogP) is 5.31. The maximum Gasteiger partial charge on any atom is 0.251 e. The Balaban J connectivity index is 1.49. The maximum atomic E-state index is 12.9. The molecule has 1 aliphatic carbocycles. The van der Waals surface area contributed by atoms with Crippen LogP contribution in [0.5, 0.6) is 5.75 Å². The molecule has 3 aromatic rings. The second-order valence-corrected chi connectivity index (χ2v) is 8.75. The molecule has 5 nitrogen and oxygen atoms in total. The van der Waals surface area contributed by atoms with Gasteiger partial charge in [0.15, 0.2) is 0 Å². The molecule has 5 heteroatoms. The fraction of sp³-hybridized carbons (Fsp3) is 0.241. The first-order valence-corrected chi connectivity index (χ1v) is 11.4. The third kappa shape index (κ3) is 5.65. The van der Waals surface area contributed by atoms with Gasteiger partial charge in [0, 0.05) is 35.5 Å². The first-order chi connectivity index (χ1) is 16.5. The van der Waals surface area contributed by atoms with Crippen molar-refractivity contribution in [2.24, 2.45) is 5.41 Å². The molecule has 2 aromatic carbocycles. The van der Waals surface area contributed by atoms with Crippen LogP contribution in [0.25, 0.3) is 5.69 Å². The van der Waals surface area contributed by atoms with Crippen molar-refractivity contribution in [3.63, 3.8) is 0 Å². The molecule has 0 spiro atoms. The summed E-state index contributed by atoms with van der Waals surface area (Å²) in [7, 11) is 1.63. The molecule has 0 saturated heterocycles. The molecule has 1 unspecified atom stereocenters. The van der Waals surface area contributed by atoms with Crippen LogP contribution in [0.2, 0.25) is 0 Å². The number of amides is 1. The highest BCUT2D eigenvalue weighted by molar-refractivity contribution is 5.95. The zero-order valence-electron chi connectivity index (χ0n) is 19.8. The summed E-state index contributed by atoms with van der Waals surface area (Å²) in [5.41, 5.74) is 4.34. The van der Waals surface area contributed by atoms with Crippen LogP contribution in [0.3, 0.4) is 0 Å². The second-order valence-electron chi connectivity index (χ2n) is 8.75. The standard InChI is InChI=1S/C29H29N3O2/c1-22-13-15-29(2,21-22)14-5-16-30-28(33)25-11-12-27(32-18-6-17-31-32)24(20-25)10-9-23-7-4-8-26(19-23)34-3/h4,6-8,11-13,15,17-21H,5,14,16H2,1-3H3,(H,30,33). The zero-order chi connectivity index (χ0) is 24.0. The maximum absolute atomic E-state index is 12.9. The number of methoxy groups -OCH3 is 1. The molecular weight excluding hydrogens is 422 g/mol. The number of carbonyl (C=O) groups is 1. The lowest BCUT2D eigenvalue weighted by Gasteiger charge is -2.19. The van der Waals surface area contributed by atoms with Crippen LogP contribution in [-0.2, 0) is 0 Å². The molecule has 1 aromatic heterocycles. The number of aromatic nitrogens is 2. The van der Waals surface area contributed by atoms with Gasteiger partial charge in [0.25, 0.3) is 5.91 Å². The topological polar surface area (TPSA) is 56.1 Å². The Morgan fingerprint density at radius 1 is 1.18 bits per heavy atom. The summed E-state index contributed by atoms with van der Waals surface area (Å²) in [4.78, 5) is 12.9. The van der Waals surface area contributed by atoms with Crippen LogP contribution in [-0.4, -0.2) is 29.3 Å². The number of benzene rings is 2. The van der Waals surface area contributed by atoms with Gasteiger partial charge in [0.2, 0.25) is 0 Å². The highest BCUT2D eigenvalue weighted by Crippen LogP contribution is 2.33. The van der Waals surface area contributed by atoms with Gasteiger partial charge >= 0.3 is 0 Å². The third-order valence-corrected chi connectivity index (χ3v) is 5.88. The summed E-state index contributed by atoms with van der Waals surface area (Å²) in [5.74, 6) is 7.05. The van der Waals surface area contributed by atoms with Crippen LogP contribution in [0.4, 0.5) is 0 Å². The van der Waals surface area contributed by atoms with Crippen LogP contribution in [0.1, 0.15) is 48.2 Å². The van der Waals surface area contributed by atoms with E-state index in [0.717, 1.165) is 35.4 Å². The Morgan fingerprint density at radius 2 is 2.06 bits per heavy atom. The fourth-order valence-electron chi connectivity index (χ4n) is 4.10. The molecule has 0 bridgehead atoms.